The molecule has 0 fully saturated rings. The van der Waals surface area contributed by atoms with Crippen molar-refractivity contribution in [2.24, 2.45) is 0 Å². The topological polar surface area (TPSA) is 47.0 Å². The van der Waals surface area contributed by atoms with Crippen LogP contribution in [0.2, 0.25) is 0 Å². The van der Waals surface area contributed by atoms with Gasteiger partial charge in [-0.25, -0.2) is 8.78 Å². The first-order chi connectivity index (χ1) is 8.60. The van der Waals surface area contributed by atoms with E-state index in [0.29, 0.717) is 11.6 Å². The van der Waals surface area contributed by atoms with E-state index in [2.05, 4.69) is 20.3 Å². The third kappa shape index (κ3) is 5.68. The highest BCUT2D eigenvalue weighted by Crippen LogP contribution is 2.25. The average molecular weight is 301 g/mol. The highest BCUT2D eigenvalue weighted by atomic mass is 32.1. The van der Waals surface area contributed by atoms with Gasteiger partial charge in [0.05, 0.1) is 6.54 Å². The van der Waals surface area contributed by atoms with Gasteiger partial charge in [-0.05, 0) is 20.8 Å². The predicted octanol–water partition coefficient (Wildman–Crippen LogP) is 2.71. The van der Waals surface area contributed by atoms with E-state index in [4.69, 9.17) is 0 Å². The summed E-state index contributed by atoms with van der Waals surface area (Å²) in [5.41, 5.74) is -0.130. The van der Waals surface area contributed by atoms with E-state index in [1.807, 2.05) is 20.8 Å². The summed E-state index contributed by atoms with van der Waals surface area (Å²) in [4.78, 5) is 0. The van der Waals surface area contributed by atoms with Crippen molar-refractivity contribution in [1.82, 2.24) is 15.5 Å². The van der Waals surface area contributed by atoms with Gasteiger partial charge in [0.25, 0.3) is 5.19 Å². The second kappa shape index (κ2) is 6.00. The van der Waals surface area contributed by atoms with Gasteiger partial charge in [0.1, 0.15) is 5.01 Å². The van der Waals surface area contributed by atoms with Crippen LogP contribution < -0.4 is 10.1 Å². The number of halogens is 4. The molecule has 1 aromatic heterocycles. The molecule has 0 bridgehead atoms. The third-order valence-electron chi connectivity index (χ3n) is 1.93. The molecule has 0 aliphatic carbocycles. The van der Waals surface area contributed by atoms with Crippen molar-refractivity contribution in [3.8, 4) is 5.19 Å². The van der Waals surface area contributed by atoms with Gasteiger partial charge >= 0.3 is 12.3 Å². The second-order valence-corrected chi connectivity index (χ2v) is 5.94. The lowest BCUT2D eigenvalue weighted by Crippen LogP contribution is -2.35. The molecule has 1 rings (SSSR count). The largest absolute Gasteiger partial charge is 0.462 e. The van der Waals surface area contributed by atoms with Crippen molar-refractivity contribution >= 4 is 11.3 Å². The summed E-state index contributed by atoms with van der Waals surface area (Å²) in [7, 11) is 0. The van der Waals surface area contributed by atoms with E-state index in [-0.39, 0.29) is 10.7 Å². The molecule has 0 saturated heterocycles. The van der Waals surface area contributed by atoms with Gasteiger partial charge in [-0.2, -0.15) is 8.78 Å². The lowest BCUT2D eigenvalue weighted by molar-refractivity contribution is -0.148. The van der Waals surface area contributed by atoms with E-state index in [1.54, 1.807) is 0 Å². The third-order valence-corrected chi connectivity index (χ3v) is 2.76. The van der Waals surface area contributed by atoms with Crippen LogP contribution in [-0.4, -0.2) is 34.7 Å². The van der Waals surface area contributed by atoms with Crippen molar-refractivity contribution in [2.45, 2.75) is 45.2 Å². The van der Waals surface area contributed by atoms with Crippen LogP contribution in [0.15, 0.2) is 0 Å². The highest BCUT2D eigenvalue weighted by Gasteiger charge is 2.42. The fourth-order valence-corrected chi connectivity index (χ4v) is 1.56. The molecule has 1 N–H and O–H groups in total. The van der Waals surface area contributed by atoms with Crippen molar-refractivity contribution in [3.63, 3.8) is 0 Å². The zero-order valence-corrected chi connectivity index (χ0v) is 11.5. The molecule has 19 heavy (non-hydrogen) atoms. The Morgan fingerprint density at radius 3 is 2.42 bits per heavy atom. The molecule has 0 spiro atoms. The predicted molar refractivity (Wildman–Crippen MR) is 62.9 cm³/mol. The molecule has 0 radical (unpaired) electrons. The molecule has 110 valence electrons. The maximum atomic E-state index is 12.6. The van der Waals surface area contributed by atoms with Crippen LogP contribution in [0, 0.1) is 0 Å². The Labute approximate surface area is 112 Å². The number of ether oxygens (including phenoxy) is 1. The molecule has 0 aliphatic rings. The fraction of sp³-hybridized carbons (Fsp3) is 0.800. The van der Waals surface area contributed by atoms with E-state index in [9.17, 15) is 17.6 Å². The van der Waals surface area contributed by atoms with E-state index in [0.717, 1.165) is 11.3 Å². The number of nitrogens with zero attached hydrogens (tertiary/aromatic N) is 2. The van der Waals surface area contributed by atoms with Crippen LogP contribution in [-0.2, 0) is 6.54 Å². The van der Waals surface area contributed by atoms with E-state index >= 15 is 0 Å². The Bertz CT molecular complexity index is 406. The van der Waals surface area contributed by atoms with Gasteiger partial charge in [-0.1, -0.05) is 11.3 Å². The zero-order valence-electron chi connectivity index (χ0n) is 10.7. The molecular formula is C10H15F4N3OS. The minimum Gasteiger partial charge on any atom is -0.462 e. The van der Waals surface area contributed by atoms with Crippen molar-refractivity contribution in [2.75, 3.05) is 6.61 Å². The molecule has 1 heterocycles. The second-order valence-electron chi connectivity index (χ2n) is 4.92. The van der Waals surface area contributed by atoms with Gasteiger partial charge < -0.3 is 10.1 Å². The molecule has 0 saturated carbocycles. The first-order valence-electron chi connectivity index (χ1n) is 5.46. The number of hydrogen-bond acceptors (Lipinski definition) is 5. The first kappa shape index (κ1) is 16.1. The van der Waals surface area contributed by atoms with Gasteiger partial charge in [0.15, 0.2) is 6.61 Å². The Morgan fingerprint density at radius 2 is 1.89 bits per heavy atom. The van der Waals surface area contributed by atoms with E-state index < -0.39 is 19.0 Å². The fourth-order valence-electron chi connectivity index (χ4n) is 0.930. The molecule has 0 amide bonds. The van der Waals surface area contributed by atoms with E-state index in [1.165, 1.54) is 0 Å². The molecule has 0 atom stereocenters. The molecule has 0 aliphatic heterocycles. The standard InChI is InChI=1S/C10H15F4N3OS/c1-9(2,3)15-4-6-16-17-8(19-6)18-5-10(13,14)7(11)12/h7,15H,4-5H2,1-3H3. The summed E-state index contributed by atoms with van der Waals surface area (Å²) >= 11 is 0.941. The van der Waals surface area contributed by atoms with Crippen LogP contribution in [0.3, 0.4) is 0 Å². The maximum absolute atomic E-state index is 12.6. The summed E-state index contributed by atoms with van der Waals surface area (Å²) in [5, 5.41) is 10.7. The monoisotopic (exact) mass is 301 g/mol. The SMILES string of the molecule is CC(C)(C)NCc1nnc(OCC(F)(F)C(F)F)s1. The van der Waals surface area contributed by atoms with Gasteiger partial charge in [-0.3, -0.25) is 0 Å². The van der Waals surface area contributed by atoms with Crippen LogP contribution in [0.1, 0.15) is 25.8 Å². The minimum atomic E-state index is -4.19. The maximum Gasteiger partial charge on any atom is 0.340 e. The zero-order chi connectivity index (χ0) is 14.7. The average Bonchev–Trinajstić information content (AvgIpc) is 2.70. The van der Waals surface area contributed by atoms with Gasteiger partial charge in [-0.15, -0.1) is 10.2 Å². The number of rotatable bonds is 6. The number of hydrogen-bond donors (Lipinski definition) is 1. The summed E-state index contributed by atoms with van der Waals surface area (Å²) in [6.07, 6.45) is -3.76. The summed E-state index contributed by atoms with van der Waals surface area (Å²) in [6, 6.07) is 0. The molecule has 1 aromatic rings. The number of nitrogens with one attached hydrogen (secondary N) is 1. The highest BCUT2D eigenvalue weighted by molar-refractivity contribution is 7.13. The van der Waals surface area contributed by atoms with Gasteiger partial charge in [0, 0.05) is 5.54 Å². The Kier molecular flexibility index (Phi) is 5.08. The van der Waals surface area contributed by atoms with Crippen LogP contribution in [0.25, 0.3) is 0 Å². The lowest BCUT2D eigenvalue weighted by atomic mass is 10.1. The number of alkyl halides is 4. The molecular weight excluding hydrogens is 286 g/mol. The quantitative estimate of drug-likeness (QED) is 0.821. The Balaban J connectivity index is 2.47. The van der Waals surface area contributed by atoms with Crippen molar-refractivity contribution < 1.29 is 22.3 Å². The summed E-state index contributed by atoms with van der Waals surface area (Å²) in [6.45, 7) is 4.85. The van der Waals surface area contributed by atoms with Crippen LogP contribution in [0.4, 0.5) is 17.6 Å². The molecule has 4 nitrogen and oxygen atoms in total. The van der Waals surface area contributed by atoms with Crippen molar-refractivity contribution in [1.29, 1.82) is 0 Å². The summed E-state index contributed by atoms with van der Waals surface area (Å²) < 4.78 is 53.6. The minimum absolute atomic E-state index is 0.130. The van der Waals surface area contributed by atoms with Crippen LogP contribution in [0.5, 0.6) is 5.19 Å². The first-order valence-corrected chi connectivity index (χ1v) is 6.28. The lowest BCUT2D eigenvalue weighted by Gasteiger charge is -2.19. The summed E-state index contributed by atoms with van der Waals surface area (Å²) in [5.74, 6) is -4.19. The Morgan fingerprint density at radius 1 is 1.26 bits per heavy atom. The molecule has 9 heteroatoms. The normalized spacial score (nSPS) is 13.1. The smallest absolute Gasteiger partial charge is 0.340 e. The van der Waals surface area contributed by atoms with Crippen molar-refractivity contribution in [3.05, 3.63) is 5.01 Å². The van der Waals surface area contributed by atoms with Gasteiger partial charge in [0.2, 0.25) is 0 Å². The molecule has 0 aromatic carbocycles. The number of aromatic nitrogens is 2. The molecule has 0 unspecified atom stereocenters. The van der Waals surface area contributed by atoms with Crippen LogP contribution >= 0.6 is 11.3 Å². The Hall–Kier alpha value is -0.960.